The number of ether oxygens (including phenoxy) is 1. The van der Waals surface area contributed by atoms with Gasteiger partial charge in [-0.2, -0.15) is 0 Å². The molecular weight excluding hydrogens is 321 g/mol. The highest BCUT2D eigenvalue weighted by Crippen LogP contribution is 2.36. The highest BCUT2D eigenvalue weighted by atomic mass is 35.5. The average molecular weight is 342 g/mol. The molecule has 0 radical (unpaired) electrons. The van der Waals surface area contributed by atoms with E-state index in [-0.39, 0.29) is 12.5 Å². The van der Waals surface area contributed by atoms with Crippen LogP contribution < -0.4 is 4.74 Å². The van der Waals surface area contributed by atoms with Gasteiger partial charge in [-0.25, -0.2) is 0 Å². The second kappa shape index (κ2) is 7.10. The zero-order valence-corrected chi connectivity index (χ0v) is 14.1. The largest absolute Gasteiger partial charge is 0.481 e. The molecule has 1 saturated heterocycles. The van der Waals surface area contributed by atoms with Crippen LogP contribution in [0, 0.1) is 5.92 Å². The monoisotopic (exact) mass is 341 g/mol. The molecule has 0 N–H and O–H groups in total. The van der Waals surface area contributed by atoms with Gasteiger partial charge in [0.1, 0.15) is 0 Å². The van der Waals surface area contributed by atoms with Gasteiger partial charge >= 0.3 is 0 Å². The molecule has 22 heavy (non-hydrogen) atoms. The Morgan fingerprint density at radius 1 is 1.14 bits per heavy atom. The van der Waals surface area contributed by atoms with E-state index in [9.17, 15) is 4.79 Å². The van der Waals surface area contributed by atoms with Gasteiger partial charge in [0, 0.05) is 12.6 Å². The maximum absolute atomic E-state index is 12.6. The molecule has 2 aliphatic rings. The van der Waals surface area contributed by atoms with Crippen molar-refractivity contribution in [1.82, 2.24) is 4.90 Å². The van der Waals surface area contributed by atoms with Crippen molar-refractivity contribution in [2.24, 2.45) is 5.92 Å². The van der Waals surface area contributed by atoms with Gasteiger partial charge in [0.05, 0.1) is 10.0 Å². The minimum absolute atomic E-state index is 0.00662. The molecule has 1 aliphatic carbocycles. The van der Waals surface area contributed by atoms with Crippen LogP contribution in [0.4, 0.5) is 0 Å². The van der Waals surface area contributed by atoms with Gasteiger partial charge in [0.25, 0.3) is 5.91 Å². The van der Waals surface area contributed by atoms with E-state index < -0.39 is 0 Å². The van der Waals surface area contributed by atoms with Gasteiger partial charge in [-0.05, 0) is 43.7 Å². The van der Waals surface area contributed by atoms with Crippen molar-refractivity contribution in [3.05, 3.63) is 28.2 Å². The number of fused-ring (bicyclic) bond motifs is 1. The standard InChI is InChI=1S/C17H21Cl2NO2/c18-13-7-3-8-14(19)17(13)22-11-16(21)20-10-4-6-12-5-1-2-9-15(12)20/h3,7-8,12,15H,1-2,4-6,9-11H2. The Kier molecular flexibility index (Phi) is 5.14. The maximum atomic E-state index is 12.6. The van der Waals surface area contributed by atoms with Gasteiger partial charge in [0.2, 0.25) is 0 Å². The summed E-state index contributed by atoms with van der Waals surface area (Å²) in [5.41, 5.74) is 0. The SMILES string of the molecule is O=C(COc1c(Cl)cccc1Cl)N1CCCC2CCCCC21. The molecule has 2 unspecified atom stereocenters. The lowest BCUT2D eigenvalue weighted by Crippen LogP contribution is -2.51. The van der Waals surface area contributed by atoms with E-state index in [0.29, 0.717) is 27.8 Å². The zero-order chi connectivity index (χ0) is 15.5. The van der Waals surface area contributed by atoms with E-state index in [2.05, 4.69) is 0 Å². The van der Waals surface area contributed by atoms with Gasteiger partial charge in [0.15, 0.2) is 12.4 Å². The number of hydrogen-bond acceptors (Lipinski definition) is 2. The second-order valence-corrected chi connectivity index (χ2v) is 7.00. The molecule has 0 bridgehead atoms. The van der Waals surface area contributed by atoms with Crippen LogP contribution in [0.5, 0.6) is 5.75 Å². The number of benzene rings is 1. The van der Waals surface area contributed by atoms with Crippen molar-refractivity contribution in [2.45, 2.75) is 44.6 Å². The van der Waals surface area contributed by atoms with E-state index in [1.54, 1.807) is 18.2 Å². The minimum Gasteiger partial charge on any atom is -0.481 e. The molecule has 1 aromatic rings. The van der Waals surface area contributed by atoms with Crippen molar-refractivity contribution in [1.29, 1.82) is 0 Å². The number of para-hydroxylation sites is 1. The first-order chi connectivity index (χ1) is 10.7. The first kappa shape index (κ1) is 15.9. The van der Waals surface area contributed by atoms with E-state index in [1.807, 2.05) is 4.90 Å². The van der Waals surface area contributed by atoms with E-state index in [0.717, 1.165) is 19.4 Å². The van der Waals surface area contributed by atoms with Crippen LogP contribution in [-0.2, 0) is 4.79 Å². The number of amides is 1. The molecule has 2 fully saturated rings. The number of carbonyl (C=O) groups excluding carboxylic acids is 1. The average Bonchev–Trinajstić information content (AvgIpc) is 2.53. The number of nitrogens with zero attached hydrogens (tertiary/aromatic N) is 1. The maximum Gasteiger partial charge on any atom is 0.260 e. The lowest BCUT2D eigenvalue weighted by molar-refractivity contribution is -0.139. The minimum atomic E-state index is 0.00662. The molecule has 0 spiro atoms. The van der Waals surface area contributed by atoms with Crippen LogP contribution in [0.3, 0.4) is 0 Å². The van der Waals surface area contributed by atoms with Crippen LogP contribution in [0.15, 0.2) is 18.2 Å². The summed E-state index contributed by atoms with van der Waals surface area (Å²) >= 11 is 12.2. The highest BCUT2D eigenvalue weighted by Gasteiger charge is 2.35. The molecule has 5 heteroatoms. The Morgan fingerprint density at radius 3 is 2.59 bits per heavy atom. The Bertz CT molecular complexity index is 527. The fourth-order valence-corrected chi connectivity index (χ4v) is 4.28. The summed E-state index contributed by atoms with van der Waals surface area (Å²) < 4.78 is 5.61. The lowest BCUT2D eigenvalue weighted by Gasteiger charge is -2.44. The molecule has 1 heterocycles. The number of halogens is 2. The normalized spacial score (nSPS) is 24.7. The molecule has 1 aliphatic heterocycles. The number of likely N-dealkylation sites (tertiary alicyclic amines) is 1. The first-order valence-corrected chi connectivity index (χ1v) is 8.78. The quantitative estimate of drug-likeness (QED) is 0.806. The summed E-state index contributed by atoms with van der Waals surface area (Å²) in [4.78, 5) is 14.6. The smallest absolute Gasteiger partial charge is 0.260 e. The molecule has 3 nitrogen and oxygen atoms in total. The molecule has 1 aromatic carbocycles. The Morgan fingerprint density at radius 2 is 1.82 bits per heavy atom. The van der Waals surface area contributed by atoms with Gasteiger partial charge in [-0.1, -0.05) is 42.1 Å². The third kappa shape index (κ3) is 3.36. The second-order valence-electron chi connectivity index (χ2n) is 6.18. The first-order valence-electron chi connectivity index (χ1n) is 8.03. The molecule has 1 saturated carbocycles. The van der Waals surface area contributed by atoms with Crippen LogP contribution in [0.25, 0.3) is 0 Å². The molecule has 120 valence electrons. The highest BCUT2D eigenvalue weighted by molar-refractivity contribution is 6.37. The van der Waals surface area contributed by atoms with Crippen molar-refractivity contribution < 1.29 is 9.53 Å². The predicted molar refractivity (Wildman–Crippen MR) is 88.7 cm³/mol. The fraction of sp³-hybridized carbons (Fsp3) is 0.588. The number of piperidine rings is 1. The van der Waals surface area contributed by atoms with Crippen LogP contribution >= 0.6 is 23.2 Å². The van der Waals surface area contributed by atoms with Crippen LogP contribution in [0.2, 0.25) is 10.0 Å². The van der Waals surface area contributed by atoms with Crippen molar-refractivity contribution in [3.63, 3.8) is 0 Å². The Labute approximate surface area is 141 Å². The third-order valence-electron chi connectivity index (χ3n) is 4.82. The molecular formula is C17H21Cl2NO2. The summed E-state index contributed by atoms with van der Waals surface area (Å²) in [6, 6.07) is 5.59. The predicted octanol–water partition coefficient (Wildman–Crippen LogP) is 4.55. The van der Waals surface area contributed by atoms with Gasteiger partial charge < -0.3 is 9.64 Å². The van der Waals surface area contributed by atoms with Crippen molar-refractivity contribution >= 4 is 29.1 Å². The fourth-order valence-electron chi connectivity index (χ4n) is 3.77. The van der Waals surface area contributed by atoms with Gasteiger partial charge in [-0.15, -0.1) is 0 Å². The number of carbonyl (C=O) groups is 1. The summed E-state index contributed by atoms with van der Waals surface area (Å²) in [5, 5.41) is 0.879. The van der Waals surface area contributed by atoms with E-state index >= 15 is 0 Å². The summed E-state index contributed by atoms with van der Waals surface area (Å²) in [5.74, 6) is 1.12. The molecule has 0 aromatic heterocycles. The topological polar surface area (TPSA) is 29.5 Å². The number of rotatable bonds is 3. The van der Waals surface area contributed by atoms with Gasteiger partial charge in [-0.3, -0.25) is 4.79 Å². The number of hydrogen-bond donors (Lipinski definition) is 0. The van der Waals surface area contributed by atoms with E-state index in [4.69, 9.17) is 27.9 Å². The van der Waals surface area contributed by atoms with Crippen LogP contribution in [0.1, 0.15) is 38.5 Å². The summed E-state index contributed by atoms with van der Waals surface area (Å²) in [7, 11) is 0. The molecule has 2 atom stereocenters. The summed E-state index contributed by atoms with van der Waals surface area (Å²) in [6.45, 7) is 0.853. The molecule has 3 rings (SSSR count). The Hall–Kier alpha value is -0.930. The van der Waals surface area contributed by atoms with Crippen molar-refractivity contribution in [2.75, 3.05) is 13.2 Å². The molecule has 1 amide bonds. The third-order valence-corrected chi connectivity index (χ3v) is 5.42. The van der Waals surface area contributed by atoms with Crippen LogP contribution in [-0.4, -0.2) is 30.0 Å². The lowest BCUT2D eigenvalue weighted by atomic mass is 9.78. The zero-order valence-electron chi connectivity index (χ0n) is 12.6. The van der Waals surface area contributed by atoms with E-state index in [1.165, 1.54) is 25.7 Å². The van der Waals surface area contributed by atoms with Crippen molar-refractivity contribution in [3.8, 4) is 5.75 Å². The summed E-state index contributed by atoms with van der Waals surface area (Å²) in [6.07, 6.45) is 7.26. The Balaban J connectivity index is 1.64.